The normalized spacial score (nSPS) is 28.7. The Hall–Kier alpha value is -1.30. The number of amidine groups is 1. The molecule has 1 saturated heterocycles. The van der Waals surface area contributed by atoms with Gasteiger partial charge in [-0.25, -0.2) is 0 Å². The zero-order chi connectivity index (χ0) is 14.1. The minimum atomic E-state index is -0.911. The van der Waals surface area contributed by atoms with Crippen molar-refractivity contribution in [3.05, 3.63) is 0 Å². The first-order chi connectivity index (χ1) is 8.92. The number of hydrogen-bond acceptors (Lipinski definition) is 4. The summed E-state index contributed by atoms with van der Waals surface area (Å²) in [4.78, 5) is 12.4. The van der Waals surface area contributed by atoms with Gasteiger partial charge in [0, 0.05) is 19.8 Å². The highest BCUT2D eigenvalue weighted by Crippen LogP contribution is 2.51. The Labute approximate surface area is 113 Å². The number of hydrogen-bond donors (Lipinski definition) is 3. The monoisotopic (exact) mass is 269 g/mol. The van der Waals surface area contributed by atoms with Crippen molar-refractivity contribution in [2.45, 2.75) is 33.1 Å². The molecule has 2 fully saturated rings. The number of carbonyl (C=O) groups excluding carboxylic acids is 1. The SMILES string of the molecule is CC1(C)CC1CNC(=O)C1(C(N)=NO)CCOCC1. The number of oxime groups is 1. The maximum Gasteiger partial charge on any atom is 0.234 e. The van der Waals surface area contributed by atoms with Gasteiger partial charge in [-0.2, -0.15) is 0 Å². The van der Waals surface area contributed by atoms with Gasteiger partial charge in [-0.3, -0.25) is 4.79 Å². The number of amides is 1. The molecule has 4 N–H and O–H groups in total. The smallest absolute Gasteiger partial charge is 0.234 e. The molecule has 2 aliphatic rings. The summed E-state index contributed by atoms with van der Waals surface area (Å²) in [6, 6.07) is 0. The van der Waals surface area contributed by atoms with E-state index in [1.54, 1.807) is 0 Å². The fraction of sp³-hybridized carbons (Fsp3) is 0.846. The van der Waals surface area contributed by atoms with Crippen molar-refractivity contribution in [1.29, 1.82) is 0 Å². The molecule has 2 rings (SSSR count). The highest BCUT2D eigenvalue weighted by atomic mass is 16.5. The molecule has 6 nitrogen and oxygen atoms in total. The van der Waals surface area contributed by atoms with Crippen LogP contribution in [0.5, 0.6) is 0 Å². The third-order valence-corrected chi connectivity index (χ3v) is 4.61. The van der Waals surface area contributed by atoms with Crippen LogP contribution in [0.2, 0.25) is 0 Å². The van der Waals surface area contributed by atoms with Crippen molar-refractivity contribution in [2.24, 2.45) is 27.6 Å². The van der Waals surface area contributed by atoms with Crippen molar-refractivity contribution in [1.82, 2.24) is 5.32 Å². The number of nitrogens with one attached hydrogen (secondary N) is 1. The van der Waals surface area contributed by atoms with Crippen LogP contribution in [0.1, 0.15) is 33.1 Å². The van der Waals surface area contributed by atoms with E-state index in [9.17, 15) is 4.79 Å². The van der Waals surface area contributed by atoms with E-state index in [0.717, 1.165) is 6.42 Å². The molecule has 0 bridgehead atoms. The quantitative estimate of drug-likeness (QED) is 0.303. The van der Waals surface area contributed by atoms with Gasteiger partial charge in [0.1, 0.15) is 5.41 Å². The number of ether oxygens (including phenoxy) is 1. The molecular weight excluding hydrogens is 246 g/mol. The molecule has 0 radical (unpaired) electrons. The molecule has 1 aliphatic heterocycles. The minimum absolute atomic E-state index is 0.0108. The topological polar surface area (TPSA) is 96.9 Å². The van der Waals surface area contributed by atoms with Gasteiger partial charge in [-0.05, 0) is 30.6 Å². The van der Waals surface area contributed by atoms with Crippen LogP contribution >= 0.6 is 0 Å². The van der Waals surface area contributed by atoms with Crippen LogP contribution in [-0.4, -0.2) is 36.7 Å². The summed E-state index contributed by atoms with van der Waals surface area (Å²) < 4.78 is 5.27. The number of nitrogens with zero attached hydrogens (tertiary/aromatic N) is 1. The molecule has 6 heteroatoms. The second kappa shape index (κ2) is 5.00. The van der Waals surface area contributed by atoms with Crippen LogP contribution in [0.3, 0.4) is 0 Å². The molecule has 19 heavy (non-hydrogen) atoms. The summed E-state index contributed by atoms with van der Waals surface area (Å²) >= 11 is 0. The fourth-order valence-corrected chi connectivity index (χ4v) is 2.72. The molecule has 108 valence electrons. The van der Waals surface area contributed by atoms with Gasteiger partial charge >= 0.3 is 0 Å². The molecular formula is C13H23N3O3. The maximum absolute atomic E-state index is 12.4. The molecule has 1 unspecified atom stereocenters. The summed E-state index contributed by atoms with van der Waals surface area (Å²) in [5.74, 6) is 0.373. The van der Waals surface area contributed by atoms with E-state index >= 15 is 0 Å². The van der Waals surface area contributed by atoms with E-state index in [1.807, 2.05) is 0 Å². The third kappa shape index (κ3) is 2.68. The molecule has 1 heterocycles. The lowest BCUT2D eigenvalue weighted by Gasteiger charge is -2.34. The second-order valence-electron chi connectivity index (χ2n) is 6.28. The van der Waals surface area contributed by atoms with Crippen LogP contribution in [0.4, 0.5) is 0 Å². The Bertz CT molecular complexity index is 387. The van der Waals surface area contributed by atoms with Gasteiger partial charge in [0.2, 0.25) is 5.91 Å². The lowest BCUT2D eigenvalue weighted by Crippen LogP contribution is -2.53. The third-order valence-electron chi connectivity index (χ3n) is 4.61. The van der Waals surface area contributed by atoms with E-state index in [0.29, 0.717) is 43.9 Å². The highest BCUT2D eigenvalue weighted by molar-refractivity contribution is 6.06. The van der Waals surface area contributed by atoms with E-state index in [2.05, 4.69) is 24.3 Å². The van der Waals surface area contributed by atoms with E-state index in [4.69, 9.17) is 15.7 Å². The fourth-order valence-electron chi connectivity index (χ4n) is 2.72. The predicted octanol–water partition coefficient (Wildman–Crippen LogP) is 0.692. The average Bonchev–Trinajstić information content (AvgIpc) is 3.03. The molecule has 0 aromatic carbocycles. The largest absolute Gasteiger partial charge is 0.409 e. The van der Waals surface area contributed by atoms with Gasteiger partial charge < -0.3 is 21.0 Å². The first kappa shape index (κ1) is 14.1. The summed E-state index contributed by atoms with van der Waals surface area (Å²) in [7, 11) is 0. The Balaban J connectivity index is 2.00. The Morgan fingerprint density at radius 3 is 2.53 bits per heavy atom. The van der Waals surface area contributed by atoms with Crippen LogP contribution < -0.4 is 11.1 Å². The lowest BCUT2D eigenvalue weighted by atomic mass is 9.78. The standard InChI is InChI=1S/C13H23N3O3/c1-12(2)7-9(12)8-15-11(17)13(10(14)16-18)3-5-19-6-4-13/h9,18H,3-8H2,1-2H3,(H2,14,16)(H,15,17). The van der Waals surface area contributed by atoms with Gasteiger partial charge in [0.05, 0.1) is 0 Å². The zero-order valence-corrected chi connectivity index (χ0v) is 11.6. The summed E-state index contributed by atoms with van der Waals surface area (Å²) in [6.07, 6.45) is 2.05. The van der Waals surface area contributed by atoms with Crippen molar-refractivity contribution < 1.29 is 14.7 Å². The lowest BCUT2D eigenvalue weighted by molar-refractivity contribution is -0.131. The van der Waals surface area contributed by atoms with Crippen molar-refractivity contribution >= 4 is 11.7 Å². The summed E-state index contributed by atoms with van der Waals surface area (Å²) in [5.41, 5.74) is 5.16. The maximum atomic E-state index is 12.4. The number of carbonyl (C=O) groups is 1. The van der Waals surface area contributed by atoms with Crippen molar-refractivity contribution in [3.63, 3.8) is 0 Å². The first-order valence-corrected chi connectivity index (χ1v) is 6.76. The van der Waals surface area contributed by atoms with Gasteiger partial charge in [0.15, 0.2) is 5.84 Å². The Morgan fingerprint density at radius 2 is 2.05 bits per heavy atom. The minimum Gasteiger partial charge on any atom is -0.409 e. The zero-order valence-electron chi connectivity index (χ0n) is 11.6. The summed E-state index contributed by atoms with van der Waals surface area (Å²) in [5, 5.41) is 14.9. The molecule has 0 aromatic rings. The van der Waals surface area contributed by atoms with Gasteiger partial charge in [-0.1, -0.05) is 19.0 Å². The number of nitrogens with two attached hydrogens (primary N) is 1. The molecule has 1 saturated carbocycles. The van der Waals surface area contributed by atoms with Crippen LogP contribution in [-0.2, 0) is 9.53 Å². The van der Waals surface area contributed by atoms with Crippen molar-refractivity contribution in [3.8, 4) is 0 Å². The summed E-state index contributed by atoms with van der Waals surface area (Å²) in [6.45, 7) is 5.96. The van der Waals surface area contributed by atoms with Crippen molar-refractivity contribution in [2.75, 3.05) is 19.8 Å². The van der Waals surface area contributed by atoms with Gasteiger partial charge in [-0.15, -0.1) is 0 Å². The van der Waals surface area contributed by atoms with Crippen LogP contribution in [0.15, 0.2) is 5.16 Å². The molecule has 1 aliphatic carbocycles. The second-order valence-corrected chi connectivity index (χ2v) is 6.28. The molecule has 0 spiro atoms. The van der Waals surface area contributed by atoms with Crippen LogP contribution in [0, 0.1) is 16.7 Å². The Kier molecular flexibility index (Phi) is 3.71. The molecule has 1 amide bonds. The average molecular weight is 269 g/mol. The molecule has 0 aromatic heterocycles. The van der Waals surface area contributed by atoms with E-state index in [1.165, 1.54) is 0 Å². The van der Waals surface area contributed by atoms with E-state index in [-0.39, 0.29) is 11.7 Å². The number of rotatable bonds is 4. The Morgan fingerprint density at radius 1 is 1.47 bits per heavy atom. The highest BCUT2D eigenvalue weighted by Gasteiger charge is 2.48. The first-order valence-electron chi connectivity index (χ1n) is 6.76. The predicted molar refractivity (Wildman–Crippen MR) is 70.8 cm³/mol. The van der Waals surface area contributed by atoms with Crippen LogP contribution in [0.25, 0.3) is 0 Å². The van der Waals surface area contributed by atoms with Gasteiger partial charge in [0.25, 0.3) is 0 Å². The molecule has 1 atom stereocenters. The van der Waals surface area contributed by atoms with E-state index < -0.39 is 5.41 Å².